The van der Waals surface area contributed by atoms with E-state index in [1.807, 2.05) is 36.6 Å². The summed E-state index contributed by atoms with van der Waals surface area (Å²) in [5.74, 6) is 3.31. The number of fused-ring (bicyclic) bond motifs is 1. The Bertz CT molecular complexity index is 897. The summed E-state index contributed by atoms with van der Waals surface area (Å²) in [5, 5.41) is 5.35. The number of anilines is 1. The summed E-state index contributed by atoms with van der Waals surface area (Å²) in [6.45, 7) is 3.70. The highest BCUT2D eigenvalue weighted by atomic mass is 32.1. The third kappa shape index (κ3) is 3.72. The molecule has 1 aliphatic rings. The Morgan fingerprint density at radius 3 is 3.00 bits per heavy atom. The summed E-state index contributed by atoms with van der Waals surface area (Å²) < 4.78 is 16.3. The summed E-state index contributed by atoms with van der Waals surface area (Å²) in [4.78, 5) is 9.73. The number of nitrogens with zero attached hydrogens (tertiary/aromatic N) is 2. The molecule has 1 N–H and O–H groups in total. The lowest BCUT2D eigenvalue weighted by atomic mass is 10.1. The number of aromatic nitrogens is 2. The number of hydrogen-bond donors (Lipinski definition) is 1. The smallest absolute Gasteiger partial charge is 0.231 e. The molecule has 1 aliphatic heterocycles. The zero-order valence-electron chi connectivity index (χ0n) is 14.4. The first-order chi connectivity index (χ1) is 12.8. The molecule has 134 valence electrons. The highest BCUT2D eigenvalue weighted by molar-refractivity contribution is 7.13. The van der Waals surface area contributed by atoms with Gasteiger partial charge < -0.3 is 19.5 Å². The molecule has 0 saturated carbocycles. The van der Waals surface area contributed by atoms with Crippen LogP contribution in [0.5, 0.6) is 17.2 Å². The van der Waals surface area contributed by atoms with E-state index < -0.39 is 0 Å². The van der Waals surface area contributed by atoms with Crippen LogP contribution in [0.3, 0.4) is 0 Å². The fraction of sp³-hybridized carbons (Fsp3) is 0.263. The van der Waals surface area contributed by atoms with Gasteiger partial charge in [-0.3, -0.25) is 0 Å². The molecule has 2 aromatic heterocycles. The summed E-state index contributed by atoms with van der Waals surface area (Å²) in [7, 11) is 0. The van der Waals surface area contributed by atoms with Gasteiger partial charge in [-0.25, -0.2) is 9.97 Å². The number of ether oxygens (including phenoxy) is 3. The molecule has 0 saturated heterocycles. The zero-order chi connectivity index (χ0) is 17.8. The number of benzene rings is 1. The summed E-state index contributed by atoms with van der Waals surface area (Å²) in [6.07, 6.45) is 2.45. The van der Waals surface area contributed by atoms with Gasteiger partial charge in [0.05, 0.1) is 17.2 Å². The Morgan fingerprint density at radius 1 is 1.15 bits per heavy atom. The van der Waals surface area contributed by atoms with E-state index in [1.165, 1.54) is 5.56 Å². The van der Waals surface area contributed by atoms with Gasteiger partial charge in [0.25, 0.3) is 0 Å². The second-order valence-electron chi connectivity index (χ2n) is 5.73. The second kappa shape index (κ2) is 7.61. The highest BCUT2D eigenvalue weighted by Gasteiger charge is 2.13. The Balaban J connectivity index is 1.37. The Hall–Kier alpha value is -2.80. The van der Waals surface area contributed by atoms with Crippen molar-refractivity contribution in [3.63, 3.8) is 0 Å². The Labute approximate surface area is 155 Å². The van der Waals surface area contributed by atoms with Crippen LogP contribution in [0.25, 0.3) is 10.6 Å². The maximum absolute atomic E-state index is 5.52. The normalized spacial score (nSPS) is 12.2. The predicted molar refractivity (Wildman–Crippen MR) is 101 cm³/mol. The van der Waals surface area contributed by atoms with Crippen molar-refractivity contribution in [3.05, 3.63) is 47.6 Å². The minimum absolute atomic E-state index is 0.300. The molecule has 4 rings (SSSR count). The van der Waals surface area contributed by atoms with E-state index >= 15 is 0 Å². The molecule has 0 radical (unpaired) electrons. The van der Waals surface area contributed by atoms with Crippen LogP contribution < -0.4 is 19.5 Å². The first-order valence-electron chi connectivity index (χ1n) is 8.48. The molecule has 0 bridgehead atoms. The summed E-state index contributed by atoms with van der Waals surface area (Å²) in [5.41, 5.74) is 2.08. The monoisotopic (exact) mass is 369 g/mol. The number of rotatable bonds is 7. The van der Waals surface area contributed by atoms with Crippen molar-refractivity contribution < 1.29 is 14.2 Å². The van der Waals surface area contributed by atoms with Crippen LogP contribution in [-0.4, -0.2) is 29.9 Å². The van der Waals surface area contributed by atoms with E-state index in [1.54, 1.807) is 17.7 Å². The van der Waals surface area contributed by atoms with Crippen molar-refractivity contribution in [1.82, 2.24) is 9.97 Å². The fourth-order valence-corrected chi connectivity index (χ4v) is 3.51. The van der Waals surface area contributed by atoms with Gasteiger partial charge in [0, 0.05) is 24.1 Å². The lowest BCUT2D eigenvalue weighted by Crippen LogP contribution is -2.06. The maximum atomic E-state index is 5.52. The molecule has 3 heterocycles. The van der Waals surface area contributed by atoms with Crippen LogP contribution in [0.1, 0.15) is 12.5 Å². The molecule has 1 aromatic carbocycles. The summed E-state index contributed by atoms with van der Waals surface area (Å²) >= 11 is 1.61. The van der Waals surface area contributed by atoms with Gasteiger partial charge in [-0.15, -0.1) is 11.3 Å². The second-order valence-corrected chi connectivity index (χ2v) is 6.64. The standard InChI is InChI=1S/C19H19N3O3S/c1-2-23-14-8-18(26-10-14)15-9-19(22-11-21-15)20-6-5-13-3-4-16-17(7-13)25-12-24-16/h3-4,7-11H,2,5-6,12H2,1H3,(H,20,21,22). The Kier molecular flexibility index (Phi) is 4.88. The van der Waals surface area contributed by atoms with Gasteiger partial charge in [0.15, 0.2) is 11.5 Å². The van der Waals surface area contributed by atoms with Crippen LogP contribution in [0.2, 0.25) is 0 Å². The first-order valence-corrected chi connectivity index (χ1v) is 9.36. The lowest BCUT2D eigenvalue weighted by Gasteiger charge is -2.07. The van der Waals surface area contributed by atoms with Crippen molar-refractivity contribution in [3.8, 4) is 27.8 Å². The lowest BCUT2D eigenvalue weighted by molar-refractivity contribution is 0.174. The molecule has 0 aliphatic carbocycles. The maximum Gasteiger partial charge on any atom is 0.231 e. The van der Waals surface area contributed by atoms with E-state index in [4.69, 9.17) is 14.2 Å². The quantitative estimate of drug-likeness (QED) is 0.679. The van der Waals surface area contributed by atoms with Crippen LogP contribution in [0.15, 0.2) is 42.0 Å². The predicted octanol–water partition coefficient (Wildman–Crippen LogP) is 3.99. The van der Waals surface area contributed by atoms with Gasteiger partial charge in [-0.2, -0.15) is 0 Å². The molecule has 26 heavy (non-hydrogen) atoms. The highest BCUT2D eigenvalue weighted by Crippen LogP contribution is 2.33. The van der Waals surface area contributed by atoms with Crippen LogP contribution >= 0.6 is 11.3 Å². The molecule has 3 aromatic rings. The number of thiophene rings is 1. The average molecular weight is 369 g/mol. The molecule has 0 fully saturated rings. The topological polar surface area (TPSA) is 65.5 Å². The van der Waals surface area contributed by atoms with Crippen LogP contribution in [0, 0.1) is 0 Å². The fourth-order valence-electron chi connectivity index (χ4n) is 2.72. The zero-order valence-corrected chi connectivity index (χ0v) is 15.2. The molecular formula is C19H19N3O3S. The Morgan fingerprint density at radius 2 is 2.08 bits per heavy atom. The molecule has 0 atom stereocenters. The van der Waals surface area contributed by atoms with E-state index in [0.717, 1.165) is 46.6 Å². The molecule has 0 unspecified atom stereocenters. The van der Waals surface area contributed by atoms with Gasteiger partial charge in [-0.1, -0.05) is 6.07 Å². The average Bonchev–Trinajstić information content (AvgIpc) is 3.31. The molecule has 0 spiro atoms. The van der Waals surface area contributed by atoms with Crippen molar-refractivity contribution in [2.75, 3.05) is 25.3 Å². The minimum atomic E-state index is 0.300. The molecular weight excluding hydrogens is 350 g/mol. The van der Waals surface area contributed by atoms with E-state index in [2.05, 4.69) is 21.4 Å². The largest absolute Gasteiger partial charge is 0.493 e. The van der Waals surface area contributed by atoms with E-state index in [0.29, 0.717) is 13.4 Å². The first kappa shape index (κ1) is 16.7. The third-order valence-corrected chi connectivity index (χ3v) is 4.89. The van der Waals surface area contributed by atoms with Gasteiger partial charge >= 0.3 is 0 Å². The van der Waals surface area contributed by atoms with Gasteiger partial charge in [0.1, 0.15) is 17.9 Å². The van der Waals surface area contributed by atoms with E-state index in [9.17, 15) is 0 Å². The van der Waals surface area contributed by atoms with Crippen LogP contribution in [-0.2, 0) is 6.42 Å². The molecule has 0 amide bonds. The summed E-state index contributed by atoms with van der Waals surface area (Å²) in [6, 6.07) is 10.00. The molecule has 7 heteroatoms. The van der Waals surface area contributed by atoms with E-state index in [-0.39, 0.29) is 0 Å². The number of hydrogen-bond acceptors (Lipinski definition) is 7. The molecule has 6 nitrogen and oxygen atoms in total. The van der Waals surface area contributed by atoms with Crippen molar-refractivity contribution in [2.45, 2.75) is 13.3 Å². The number of nitrogens with one attached hydrogen (secondary N) is 1. The van der Waals surface area contributed by atoms with Crippen LogP contribution in [0.4, 0.5) is 5.82 Å². The van der Waals surface area contributed by atoms with Gasteiger partial charge in [-0.05, 0) is 31.0 Å². The SMILES string of the molecule is CCOc1csc(-c2cc(NCCc3ccc4c(c3)OCO4)ncn2)c1. The van der Waals surface area contributed by atoms with Gasteiger partial charge in [0.2, 0.25) is 6.79 Å². The van der Waals surface area contributed by atoms with Crippen molar-refractivity contribution in [1.29, 1.82) is 0 Å². The minimum Gasteiger partial charge on any atom is -0.493 e. The third-order valence-electron chi connectivity index (χ3n) is 3.96. The van der Waals surface area contributed by atoms with Crippen molar-refractivity contribution in [2.24, 2.45) is 0 Å². The van der Waals surface area contributed by atoms with Crippen molar-refractivity contribution >= 4 is 17.2 Å².